The number of hydrogen-bond donors (Lipinski definition) is 1. The van der Waals surface area contributed by atoms with Gasteiger partial charge >= 0.3 is 0 Å². The van der Waals surface area contributed by atoms with Crippen molar-refractivity contribution in [3.05, 3.63) is 28.3 Å². The Kier molecular flexibility index (Phi) is 4.30. The summed E-state index contributed by atoms with van der Waals surface area (Å²) in [5.41, 5.74) is 2.46. The molecule has 1 heterocycles. The number of rotatable bonds is 3. The zero-order valence-electron chi connectivity index (χ0n) is 10.6. The minimum atomic E-state index is 0.733. The Morgan fingerprint density at radius 1 is 1.35 bits per heavy atom. The molecule has 2 nitrogen and oxygen atoms in total. The van der Waals surface area contributed by atoms with Crippen LogP contribution >= 0.6 is 11.6 Å². The highest BCUT2D eigenvalue weighted by Crippen LogP contribution is 2.31. The maximum Gasteiger partial charge on any atom is 0.140 e. The van der Waals surface area contributed by atoms with Crippen molar-refractivity contribution in [1.29, 1.82) is 0 Å². The molecule has 1 aliphatic heterocycles. The van der Waals surface area contributed by atoms with E-state index < -0.39 is 0 Å². The Balaban J connectivity index is 2.10. The molecule has 0 aliphatic carbocycles. The molecule has 94 valence electrons. The maximum atomic E-state index is 6.22. The SMILES string of the molecule is COc1c(C)cc(CC2CCNCC2)cc1Cl. The quantitative estimate of drug-likeness (QED) is 0.893. The molecule has 1 aromatic rings. The number of ether oxygens (including phenoxy) is 1. The van der Waals surface area contributed by atoms with Crippen LogP contribution in [0.15, 0.2) is 12.1 Å². The van der Waals surface area contributed by atoms with Gasteiger partial charge in [-0.2, -0.15) is 0 Å². The third kappa shape index (κ3) is 3.14. The molecule has 3 heteroatoms. The zero-order valence-corrected chi connectivity index (χ0v) is 11.3. The molecular formula is C14H20ClNO. The summed E-state index contributed by atoms with van der Waals surface area (Å²) in [6.45, 7) is 4.34. The van der Waals surface area contributed by atoms with Gasteiger partial charge in [0.15, 0.2) is 0 Å². The van der Waals surface area contributed by atoms with Crippen LogP contribution in [0.2, 0.25) is 5.02 Å². The summed E-state index contributed by atoms with van der Waals surface area (Å²) in [7, 11) is 1.67. The van der Waals surface area contributed by atoms with Crippen LogP contribution in [0.25, 0.3) is 0 Å². The largest absolute Gasteiger partial charge is 0.495 e. The molecule has 0 saturated carbocycles. The number of nitrogens with one attached hydrogen (secondary N) is 1. The predicted octanol–water partition coefficient (Wildman–Crippen LogP) is 3.20. The van der Waals surface area contributed by atoms with Gasteiger partial charge in [-0.25, -0.2) is 0 Å². The van der Waals surface area contributed by atoms with Crippen LogP contribution in [0.1, 0.15) is 24.0 Å². The van der Waals surface area contributed by atoms with Crippen LogP contribution in [-0.2, 0) is 6.42 Å². The van der Waals surface area contributed by atoms with Gasteiger partial charge in [0.05, 0.1) is 12.1 Å². The van der Waals surface area contributed by atoms with Gasteiger partial charge < -0.3 is 10.1 Å². The van der Waals surface area contributed by atoms with E-state index in [1.807, 2.05) is 0 Å². The molecule has 17 heavy (non-hydrogen) atoms. The van der Waals surface area contributed by atoms with Crippen LogP contribution in [0.5, 0.6) is 5.75 Å². The summed E-state index contributed by atoms with van der Waals surface area (Å²) in [6.07, 6.45) is 3.66. The lowest BCUT2D eigenvalue weighted by atomic mass is 9.90. The Labute approximate surface area is 108 Å². The first-order valence-electron chi connectivity index (χ1n) is 6.24. The van der Waals surface area contributed by atoms with Crippen molar-refractivity contribution in [2.24, 2.45) is 5.92 Å². The second kappa shape index (κ2) is 5.74. The first kappa shape index (κ1) is 12.7. The summed E-state index contributed by atoms with van der Waals surface area (Å²) < 4.78 is 5.28. The molecule has 0 atom stereocenters. The Morgan fingerprint density at radius 3 is 2.65 bits per heavy atom. The van der Waals surface area contributed by atoms with E-state index in [-0.39, 0.29) is 0 Å². The number of benzene rings is 1. The molecule has 1 saturated heterocycles. The number of hydrogen-bond acceptors (Lipinski definition) is 2. The fourth-order valence-electron chi connectivity index (χ4n) is 2.60. The van der Waals surface area contributed by atoms with E-state index >= 15 is 0 Å². The van der Waals surface area contributed by atoms with Crippen molar-refractivity contribution >= 4 is 11.6 Å². The molecule has 0 unspecified atom stereocenters. The van der Waals surface area contributed by atoms with Gasteiger partial charge in [0.1, 0.15) is 5.75 Å². The predicted molar refractivity (Wildman–Crippen MR) is 72.0 cm³/mol. The first-order chi connectivity index (χ1) is 8.20. The van der Waals surface area contributed by atoms with Crippen molar-refractivity contribution in [1.82, 2.24) is 5.32 Å². The molecular weight excluding hydrogens is 234 g/mol. The van der Waals surface area contributed by atoms with Crippen LogP contribution in [-0.4, -0.2) is 20.2 Å². The average molecular weight is 254 g/mol. The van der Waals surface area contributed by atoms with E-state index in [4.69, 9.17) is 16.3 Å². The van der Waals surface area contributed by atoms with E-state index in [0.29, 0.717) is 0 Å². The lowest BCUT2D eigenvalue weighted by Gasteiger charge is -2.23. The monoisotopic (exact) mass is 253 g/mol. The van der Waals surface area contributed by atoms with Gasteiger partial charge in [-0.15, -0.1) is 0 Å². The van der Waals surface area contributed by atoms with E-state index in [0.717, 1.165) is 41.8 Å². The van der Waals surface area contributed by atoms with Gasteiger partial charge in [0.25, 0.3) is 0 Å². The molecule has 1 aliphatic rings. The average Bonchev–Trinajstić information content (AvgIpc) is 2.30. The van der Waals surface area contributed by atoms with E-state index in [9.17, 15) is 0 Å². The number of piperidine rings is 1. The summed E-state index contributed by atoms with van der Waals surface area (Å²) in [5, 5.41) is 4.13. The van der Waals surface area contributed by atoms with Crippen LogP contribution in [0.4, 0.5) is 0 Å². The van der Waals surface area contributed by atoms with Crippen molar-refractivity contribution in [2.75, 3.05) is 20.2 Å². The molecule has 1 aromatic carbocycles. The summed E-state index contributed by atoms with van der Waals surface area (Å²) in [4.78, 5) is 0. The van der Waals surface area contributed by atoms with Crippen LogP contribution < -0.4 is 10.1 Å². The second-order valence-corrected chi connectivity index (χ2v) is 5.23. The molecule has 0 aromatic heterocycles. The third-order valence-electron chi connectivity index (χ3n) is 3.48. The highest BCUT2D eigenvalue weighted by Gasteiger charge is 2.15. The zero-order chi connectivity index (χ0) is 12.3. The molecule has 0 amide bonds. The first-order valence-corrected chi connectivity index (χ1v) is 6.62. The summed E-state index contributed by atoms with van der Waals surface area (Å²) >= 11 is 6.22. The Morgan fingerprint density at radius 2 is 2.06 bits per heavy atom. The van der Waals surface area contributed by atoms with Crippen molar-refractivity contribution in [2.45, 2.75) is 26.2 Å². The van der Waals surface area contributed by atoms with Gasteiger partial charge in [-0.1, -0.05) is 17.7 Å². The second-order valence-electron chi connectivity index (χ2n) is 4.83. The van der Waals surface area contributed by atoms with Gasteiger partial charge in [0.2, 0.25) is 0 Å². The fraction of sp³-hybridized carbons (Fsp3) is 0.571. The molecule has 1 N–H and O–H groups in total. The van der Waals surface area contributed by atoms with E-state index in [1.54, 1.807) is 7.11 Å². The molecule has 0 bridgehead atoms. The van der Waals surface area contributed by atoms with Crippen LogP contribution in [0, 0.1) is 12.8 Å². The van der Waals surface area contributed by atoms with Crippen molar-refractivity contribution in [3.63, 3.8) is 0 Å². The van der Waals surface area contributed by atoms with Crippen molar-refractivity contribution in [3.8, 4) is 5.75 Å². The number of aryl methyl sites for hydroxylation is 1. The lowest BCUT2D eigenvalue weighted by molar-refractivity contribution is 0.372. The lowest BCUT2D eigenvalue weighted by Crippen LogP contribution is -2.28. The van der Waals surface area contributed by atoms with Crippen LogP contribution in [0.3, 0.4) is 0 Å². The molecule has 2 rings (SSSR count). The summed E-state index contributed by atoms with van der Waals surface area (Å²) in [5.74, 6) is 1.60. The van der Waals surface area contributed by atoms with Gasteiger partial charge in [0, 0.05) is 0 Å². The third-order valence-corrected chi connectivity index (χ3v) is 3.76. The fourth-order valence-corrected chi connectivity index (χ4v) is 2.96. The highest BCUT2D eigenvalue weighted by atomic mass is 35.5. The number of methoxy groups -OCH3 is 1. The Bertz CT molecular complexity index is 363. The van der Waals surface area contributed by atoms with E-state index in [2.05, 4.69) is 24.4 Å². The Hall–Kier alpha value is -0.730. The minimum Gasteiger partial charge on any atom is -0.495 e. The number of halogens is 1. The smallest absolute Gasteiger partial charge is 0.140 e. The topological polar surface area (TPSA) is 21.3 Å². The highest BCUT2D eigenvalue weighted by molar-refractivity contribution is 6.32. The maximum absolute atomic E-state index is 6.22. The van der Waals surface area contributed by atoms with Gasteiger partial charge in [-0.3, -0.25) is 0 Å². The van der Waals surface area contributed by atoms with Crippen molar-refractivity contribution < 1.29 is 4.74 Å². The molecule has 1 fully saturated rings. The minimum absolute atomic E-state index is 0.733. The molecule has 0 radical (unpaired) electrons. The van der Waals surface area contributed by atoms with E-state index in [1.165, 1.54) is 18.4 Å². The standard InChI is InChI=1S/C14H20ClNO/c1-10-7-12(9-13(15)14(10)17-2)8-11-3-5-16-6-4-11/h7,9,11,16H,3-6,8H2,1-2H3. The van der Waals surface area contributed by atoms with Gasteiger partial charge in [-0.05, 0) is 62.4 Å². The normalized spacial score (nSPS) is 17.1. The summed E-state index contributed by atoms with van der Waals surface area (Å²) in [6, 6.07) is 4.25. The molecule has 0 spiro atoms.